The molecule has 2 heterocycles. The quantitative estimate of drug-likeness (QED) is 0.602. The molecule has 7 heteroatoms. The molecule has 0 saturated heterocycles. The van der Waals surface area contributed by atoms with Crippen molar-refractivity contribution < 1.29 is 0 Å². The summed E-state index contributed by atoms with van der Waals surface area (Å²) in [5.74, 6) is 0.744. The van der Waals surface area contributed by atoms with Crippen molar-refractivity contribution in [2.45, 2.75) is 0 Å². The van der Waals surface area contributed by atoms with E-state index in [1.54, 1.807) is 18.2 Å². The molecule has 0 saturated carbocycles. The monoisotopic (exact) mass is 228 g/mol. The van der Waals surface area contributed by atoms with Gasteiger partial charge in [-0.25, -0.2) is 10.1 Å². The maximum absolute atomic E-state index is 11.7. The lowest BCUT2D eigenvalue weighted by Crippen LogP contribution is -2.11. The van der Waals surface area contributed by atoms with Crippen molar-refractivity contribution in [3.05, 3.63) is 40.9 Å². The summed E-state index contributed by atoms with van der Waals surface area (Å²) in [5.41, 5.74) is 0.427. The highest BCUT2D eigenvalue weighted by molar-refractivity contribution is 5.78. The molecular formula is C10H8N6O. The zero-order chi connectivity index (χ0) is 11.7. The summed E-state index contributed by atoms with van der Waals surface area (Å²) in [5, 5.41) is 9.68. The molecule has 0 spiro atoms. The van der Waals surface area contributed by atoms with E-state index in [2.05, 4.69) is 30.5 Å². The summed E-state index contributed by atoms with van der Waals surface area (Å²) in [4.78, 5) is 22.5. The summed E-state index contributed by atoms with van der Waals surface area (Å²) in [6, 6.07) is 7.12. The second kappa shape index (κ2) is 3.71. The second-order valence-electron chi connectivity index (χ2n) is 3.39. The van der Waals surface area contributed by atoms with Gasteiger partial charge in [0.2, 0.25) is 11.9 Å². The fourth-order valence-electron chi connectivity index (χ4n) is 1.52. The van der Waals surface area contributed by atoms with Gasteiger partial charge in [-0.05, 0) is 12.1 Å². The minimum atomic E-state index is -0.197. The maximum Gasteiger partial charge on any atom is 0.260 e. The first-order valence-corrected chi connectivity index (χ1v) is 4.94. The average molecular weight is 228 g/mol. The van der Waals surface area contributed by atoms with Crippen molar-refractivity contribution in [3.63, 3.8) is 0 Å². The molecule has 0 fully saturated rings. The first-order valence-electron chi connectivity index (χ1n) is 4.94. The lowest BCUT2D eigenvalue weighted by atomic mass is 10.2. The Balaban J connectivity index is 2.10. The predicted octanol–water partition coefficient (Wildman–Crippen LogP) is 0.785. The van der Waals surface area contributed by atoms with Gasteiger partial charge in [0.25, 0.3) is 5.56 Å². The normalized spacial score (nSPS) is 10.6. The number of aromatic amines is 2. The minimum Gasteiger partial charge on any atom is -0.294 e. The number of H-pyrrole nitrogens is 2. The zero-order valence-electron chi connectivity index (χ0n) is 8.64. The molecule has 1 aromatic carbocycles. The Hall–Kier alpha value is -2.70. The van der Waals surface area contributed by atoms with Crippen LogP contribution in [-0.4, -0.2) is 25.1 Å². The fourth-order valence-corrected chi connectivity index (χ4v) is 1.52. The Bertz CT molecular complexity index is 702. The summed E-state index contributed by atoms with van der Waals surface area (Å²) in [6.45, 7) is 0. The molecule has 0 unspecified atom stereocenters. The van der Waals surface area contributed by atoms with Gasteiger partial charge in [0.05, 0.1) is 10.9 Å². The van der Waals surface area contributed by atoms with Crippen molar-refractivity contribution in [2.24, 2.45) is 0 Å². The number of fused-ring (bicyclic) bond motifs is 1. The van der Waals surface area contributed by atoms with E-state index in [0.29, 0.717) is 22.8 Å². The summed E-state index contributed by atoms with van der Waals surface area (Å²) in [7, 11) is 0. The largest absolute Gasteiger partial charge is 0.294 e. The topological polar surface area (TPSA) is 99.4 Å². The van der Waals surface area contributed by atoms with Crippen LogP contribution in [0.25, 0.3) is 10.9 Å². The summed E-state index contributed by atoms with van der Waals surface area (Å²) < 4.78 is 0. The van der Waals surface area contributed by atoms with Gasteiger partial charge in [-0.3, -0.25) is 15.1 Å². The average Bonchev–Trinajstić information content (AvgIpc) is 2.82. The van der Waals surface area contributed by atoms with Gasteiger partial charge in [-0.2, -0.15) is 10.1 Å². The standard InChI is InChI=1S/C10H8N6O/c17-8-6-3-1-2-4-7(6)13-10(14-8)15-9-11-5-12-16-9/h1-5H,(H3,11,12,13,14,15,16,17). The SMILES string of the molecule is O=c1[nH]c(Nc2ncn[nH]2)nc2ccccc12. The van der Waals surface area contributed by atoms with Gasteiger partial charge in [0.1, 0.15) is 6.33 Å². The molecule has 84 valence electrons. The van der Waals surface area contributed by atoms with Crippen molar-refractivity contribution in [1.82, 2.24) is 25.1 Å². The van der Waals surface area contributed by atoms with Crippen LogP contribution in [-0.2, 0) is 0 Å². The van der Waals surface area contributed by atoms with Crippen LogP contribution in [0.4, 0.5) is 11.9 Å². The molecular weight excluding hydrogens is 220 g/mol. The van der Waals surface area contributed by atoms with Gasteiger partial charge >= 0.3 is 0 Å². The van der Waals surface area contributed by atoms with Gasteiger partial charge in [0, 0.05) is 0 Å². The van der Waals surface area contributed by atoms with E-state index in [-0.39, 0.29) is 5.56 Å². The number of nitrogens with zero attached hydrogens (tertiary/aromatic N) is 3. The summed E-state index contributed by atoms with van der Waals surface area (Å²) >= 11 is 0. The van der Waals surface area contributed by atoms with Crippen LogP contribution in [0.3, 0.4) is 0 Å². The molecule has 7 nitrogen and oxygen atoms in total. The lowest BCUT2D eigenvalue weighted by molar-refractivity contribution is 1.08. The molecule has 17 heavy (non-hydrogen) atoms. The Morgan fingerprint density at radius 1 is 1.18 bits per heavy atom. The van der Waals surface area contributed by atoms with Crippen LogP contribution in [0, 0.1) is 0 Å². The highest BCUT2D eigenvalue weighted by Crippen LogP contribution is 2.09. The molecule has 2 aromatic heterocycles. The van der Waals surface area contributed by atoms with E-state index < -0.39 is 0 Å². The highest BCUT2D eigenvalue weighted by Gasteiger charge is 2.03. The van der Waals surface area contributed by atoms with E-state index in [0.717, 1.165) is 0 Å². The third-order valence-corrected chi connectivity index (χ3v) is 2.26. The van der Waals surface area contributed by atoms with Crippen LogP contribution in [0.15, 0.2) is 35.4 Å². The summed E-state index contributed by atoms with van der Waals surface area (Å²) in [6.07, 6.45) is 1.36. The maximum atomic E-state index is 11.7. The third kappa shape index (κ3) is 1.73. The zero-order valence-corrected chi connectivity index (χ0v) is 8.64. The molecule has 0 radical (unpaired) electrons. The number of rotatable bonds is 2. The van der Waals surface area contributed by atoms with Gasteiger partial charge in [-0.15, -0.1) is 0 Å². The van der Waals surface area contributed by atoms with Crippen molar-refractivity contribution in [2.75, 3.05) is 5.32 Å². The molecule has 3 rings (SSSR count). The third-order valence-electron chi connectivity index (χ3n) is 2.26. The number of aromatic nitrogens is 5. The van der Waals surface area contributed by atoms with E-state index in [1.165, 1.54) is 6.33 Å². The first-order chi connectivity index (χ1) is 8.33. The molecule has 0 atom stereocenters. The Morgan fingerprint density at radius 2 is 2.06 bits per heavy atom. The minimum absolute atomic E-state index is 0.197. The van der Waals surface area contributed by atoms with Crippen LogP contribution in [0.5, 0.6) is 0 Å². The molecule has 0 aliphatic heterocycles. The van der Waals surface area contributed by atoms with Crippen LogP contribution < -0.4 is 10.9 Å². The number of anilines is 2. The Labute approximate surface area is 94.9 Å². The molecule has 3 N–H and O–H groups in total. The first kappa shape index (κ1) is 9.52. The molecule has 0 aliphatic carbocycles. The van der Waals surface area contributed by atoms with Gasteiger partial charge in [0.15, 0.2) is 0 Å². The van der Waals surface area contributed by atoms with Crippen LogP contribution in [0.2, 0.25) is 0 Å². The molecule has 0 amide bonds. The number of benzene rings is 1. The van der Waals surface area contributed by atoms with E-state index in [4.69, 9.17) is 0 Å². The molecule has 0 aliphatic rings. The van der Waals surface area contributed by atoms with Crippen molar-refractivity contribution >= 4 is 22.8 Å². The van der Waals surface area contributed by atoms with Gasteiger partial charge < -0.3 is 0 Å². The van der Waals surface area contributed by atoms with E-state index in [9.17, 15) is 4.79 Å². The highest BCUT2D eigenvalue weighted by atomic mass is 16.1. The fraction of sp³-hybridized carbons (Fsp3) is 0. The number of hydrogen-bond acceptors (Lipinski definition) is 5. The van der Waals surface area contributed by atoms with Gasteiger partial charge in [-0.1, -0.05) is 12.1 Å². The predicted molar refractivity (Wildman–Crippen MR) is 62.0 cm³/mol. The van der Waals surface area contributed by atoms with E-state index in [1.807, 2.05) is 6.07 Å². The second-order valence-corrected chi connectivity index (χ2v) is 3.39. The smallest absolute Gasteiger partial charge is 0.260 e. The van der Waals surface area contributed by atoms with Crippen LogP contribution in [0.1, 0.15) is 0 Å². The number of nitrogens with one attached hydrogen (secondary N) is 3. The molecule has 0 bridgehead atoms. The number of hydrogen-bond donors (Lipinski definition) is 3. The Kier molecular flexibility index (Phi) is 2.08. The Morgan fingerprint density at radius 3 is 2.88 bits per heavy atom. The van der Waals surface area contributed by atoms with Crippen molar-refractivity contribution in [3.8, 4) is 0 Å². The lowest BCUT2D eigenvalue weighted by Gasteiger charge is -2.02. The molecule has 3 aromatic rings. The van der Waals surface area contributed by atoms with Crippen molar-refractivity contribution in [1.29, 1.82) is 0 Å². The number of para-hydroxylation sites is 1. The van der Waals surface area contributed by atoms with E-state index >= 15 is 0 Å². The van der Waals surface area contributed by atoms with Crippen LogP contribution >= 0.6 is 0 Å².